The van der Waals surface area contributed by atoms with Crippen LogP contribution in [0, 0.1) is 197 Å². The minimum atomic E-state index is -4.16. The molecule has 0 aromatic heterocycles. The van der Waals surface area contributed by atoms with Gasteiger partial charge in [0.2, 0.25) is 0 Å². The van der Waals surface area contributed by atoms with Crippen molar-refractivity contribution in [2.24, 2.45) is 0 Å². The van der Waals surface area contributed by atoms with Gasteiger partial charge in [-0.05, 0) is 39.0 Å². The van der Waals surface area contributed by atoms with E-state index < -0.39 is 77.6 Å². The van der Waals surface area contributed by atoms with Crippen LogP contribution in [-0.2, 0) is 70.7 Å². The molecule has 0 saturated carbocycles. The van der Waals surface area contributed by atoms with E-state index in [1.807, 2.05) is 37.3 Å². The first kappa shape index (κ1) is 53.8. The van der Waals surface area contributed by atoms with Crippen LogP contribution in [0.15, 0.2) is 59.5 Å². The Labute approximate surface area is 445 Å². The van der Waals surface area contributed by atoms with Crippen LogP contribution in [0.4, 0.5) is 0 Å². The van der Waals surface area contributed by atoms with Crippen molar-refractivity contribution >= 4 is 10.1 Å². The van der Waals surface area contributed by atoms with E-state index in [0.29, 0.717) is 0 Å². The maximum absolute atomic E-state index is 12.6. The van der Waals surface area contributed by atoms with Gasteiger partial charge in [-0.1, -0.05) is 23.8 Å². The SMILES string of the molecule is Cc1ccc(S(=O)(=O)OCC2O[CH-]C(O)C(O)C2OC2OC3COC(C)(C)OC3C(O)C2O)cc1.[Ac].[Ac].[Ac].[Ac].[CH2-]c1ccccc1.[Y]. The summed E-state index contributed by atoms with van der Waals surface area (Å²) in [4.78, 5) is -0.0682. The van der Waals surface area contributed by atoms with Crippen LogP contribution in [0.2, 0.25) is 0 Å². The minimum absolute atomic E-state index is 0. The van der Waals surface area contributed by atoms with Crippen LogP contribution in [0.1, 0.15) is 25.0 Å². The third-order valence-electron chi connectivity index (χ3n) is 6.93. The number of ether oxygens (including phenoxy) is 5. The molecule has 18 heteroatoms. The molecule has 4 N–H and O–H groups in total. The van der Waals surface area contributed by atoms with Gasteiger partial charge in [-0.3, -0.25) is 4.18 Å². The maximum Gasteiger partial charge on any atom is 0.297 e. The number of fused-ring (bicyclic) bond motifs is 1. The first-order valence-corrected chi connectivity index (χ1v) is 14.8. The molecule has 0 aliphatic carbocycles. The molecule has 5 radical (unpaired) electrons. The number of aliphatic hydroxyl groups excluding tert-OH is 4. The third-order valence-corrected chi connectivity index (χ3v) is 8.23. The fraction of sp³-hybridized carbons (Fsp3) is 0.517. The molecule has 5 rings (SSSR count). The number of aliphatic hydroxyl groups is 4. The molecule has 0 amide bonds. The Kier molecular flexibility index (Phi) is 28.7. The summed E-state index contributed by atoms with van der Waals surface area (Å²) in [6.07, 6.45) is -11.8. The van der Waals surface area contributed by atoms with Crippen molar-refractivity contribution in [1.82, 2.24) is 0 Å². The number of benzene rings is 2. The number of hydrogen-bond acceptors (Lipinski definition) is 12. The Morgan fingerprint density at radius 1 is 0.936 bits per heavy atom. The second-order valence-corrected chi connectivity index (χ2v) is 12.4. The van der Waals surface area contributed by atoms with Gasteiger partial charge >= 0.3 is 0 Å². The van der Waals surface area contributed by atoms with Gasteiger partial charge in [-0.15, -0.1) is 12.1 Å². The molecule has 12 nitrogen and oxygen atoms in total. The largest absolute Gasteiger partial charge is 0.544 e. The molecule has 3 heterocycles. The summed E-state index contributed by atoms with van der Waals surface area (Å²) < 4.78 is 58.3. The number of hydrogen-bond donors (Lipinski definition) is 4. The molecular weight excluding hydrogens is 1570 g/mol. The van der Waals surface area contributed by atoms with E-state index in [9.17, 15) is 28.8 Å². The van der Waals surface area contributed by atoms with E-state index in [1.165, 1.54) is 12.1 Å². The van der Waals surface area contributed by atoms with Gasteiger partial charge < -0.3 is 44.1 Å². The van der Waals surface area contributed by atoms with E-state index in [4.69, 9.17) is 27.9 Å². The Hall–Kier alpha value is 4.73. The van der Waals surface area contributed by atoms with Gasteiger partial charge in [0.25, 0.3) is 10.1 Å². The molecule has 2 aromatic rings. The molecule has 3 fully saturated rings. The molecule has 9 unspecified atom stereocenters. The van der Waals surface area contributed by atoms with Crippen LogP contribution < -0.4 is 0 Å². The van der Waals surface area contributed by atoms with Crippen molar-refractivity contribution in [3.63, 3.8) is 0 Å². The van der Waals surface area contributed by atoms with Gasteiger partial charge in [-0.2, -0.15) is 39.6 Å². The summed E-state index contributed by atoms with van der Waals surface area (Å²) in [6, 6.07) is 15.9. The van der Waals surface area contributed by atoms with Crippen LogP contribution in [0.5, 0.6) is 0 Å². The molecule has 2 aromatic carbocycles. The Bertz CT molecular complexity index is 1260. The average Bonchev–Trinajstić information content (AvgIpc) is 2.94. The van der Waals surface area contributed by atoms with Crippen LogP contribution in [0.25, 0.3) is 0 Å². The summed E-state index contributed by atoms with van der Waals surface area (Å²) >= 11 is 0. The van der Waals surface area contributed by atoms with Gasteiger partial charge in [0.15, 0.2) is 12.1 Å². The van der Waals surface area contributed by atoms with Gasteiger partial charge in [-0.25, -0.2) is 0 Å². The van der Waals surface area contributed by atoms with Crippen molar-refractivity contribution in [1.29, 1.82) is 0 Å². The predicted molar refractivity (Wildman–Crippen MR) is 147 cm³/mol. The van der Waals surface area contributed by atoms with E-state index >= 15 is 0 Å². The summed E-state index contributed by atoms with van der Waals surface area (Å²) in [5.74, 6) is -0.988. The quantitative estimate of drug-likeness (QED) is 0.238. The van der Waals surface area contributed by atoms with Gasteiger partial charge in [0.05, 0.1) is 30.3 Å². The fourth-order valence-electron chi connectivity index (χ4n) is 4.56. The van der Waals surface area contributed by atoms with Crippen molar-refractivity contribution in [3.05, 3.63) is 79.3 Å². The third kappa shape index (κ3) is 16.0. The molecule has 3 saturated heterocycles. The maximum atomic E-state index is 12.6. The van der Waals surface area contributed by atoms with Crippen molar-refractivity contribution in [3.8, 4) is 0 Å². The predicted octanol–water partition coefficient (Wildman–Crippen LogP) is 0.832. The van der Waals surface area contributed by atoms with E-state index in [-0.39, 0.29) is 220 Å². The first-order chi connectivity index (χ1) is 19.8. The van der Waals surface area contributed by atoms with Crippen molar-refractivity contribution < 1.29 is 266 Å². The second-order valence-electron chi connectivity index (χ2n) is 10.7. The summed E-state index contributed by atoms with van der Waals surface area (Å²) in [5, 5.41) is 41.8. The molecular formula is C29H38Ac4O12SY-2. The minimum Gasteiger partial charge on any atom is -0.544 e. The zero-order chi connectivity index (χ0) is 30.7. The van der Waals surface area contributed by atoms with E-state index in [2.05, 4.69) is 6.92 Å². The summed E-state index contributed by atoms with van der Waals surface area (Å²) in [7, 11) is -4.16. The molecule has 0 spiro atoms. The summed E-state index contributed by atoms with van der Waals surface area (Å²) in [6.45, 7) is 9.26. The monoisotopic (exact) mass is 1610 g/mol. The van der Waals surface area contributed by atoms with Gasteiger partial charge in [0.1, 0.15) is 30.5 Å². The Morgan fingerprint density at radius 2 is 1.53 bits per heavy atom. The Balaban J connectivity index is 0. The Morgan fingerprint density at radius 3 is 2.09 bits per heavy atom. The zero-order valence-electron chi connectivity index (χ0n) is 26.4. The molecule has 3 aliphatic rings. The standard InChI is InChI=1S/C22H31O12S.C7H7.4Ac.Y/c1-11-4-6-12(7-5-11)35(27,28)31-10-14-19(16(24)13(23)8-29-14)33-21-18(26)17(25)20-15(32-21)9-30-22(2,3)34-20;1-7-5-3-2-4-6-7;;;;;/h4-8,13-21,23-26H,9-10H2,1-3H3;2-6H,1H2;;;;;/q2*-1;;;;;. The molecule has 9 atom stereocenters. The summed E-state index contributed by atoms with van der Waals surface area (Å²) in [5.41, 5.74) is 1.94. The smallest absolute Gasteiger partial charge is 0.297 e. The molecule has 3 aliphatic heterocycles. The van der Waals surface area contributed by atoms with E-state index in [0.717, 1.165) is 17.7 Å². The zero-order valence-corrected chi connectivity index (χ0v) is 49.1. The molecule has 249 valence electrons. The fourth-order valence-corrected chi connectivity index (χ4v) is 5.48. The second kappa shape index (κ2) is 25.1. The van der Waals surface area contributed by atoms with Crippen LogP contribution >= 0.6 is 0 Å². The van der Waals surface area contributed by atoms with Crippen LogP contribution in [-0.4, -0.2) is 103 Å². The van der Waals surface area contributed by atoms with E-state index in [1.54, 1.807) is 26.0 Å². The number of rotatable bonds is 6. The normalized spacial score (nSPS) is 30.8. The average molecular weight is 1610 g/mol. The van der Waals surface area contributed by atoms with Gasteiger partial charge in [0, 0.05) is 209 Å². The first-order valence-electron chi connectivity index (χ1n) is 13.4. The molecule has 0 bridgehead atoms. The van der Waals surface area contributed by atoms with Crippen LogP contribution in [0.3, 0.4) is 0 Å². The van der Waals surface area contributed by atoms with Crippen molar-refractivity contribution in [2.75, 3.05) is 13.2 Å². The molecule has 47 heavy (non-hydrogen) atoms. The number of aryl methyl sites for hydroxylation is 1. The topological polar surface area (TPSA) is 170 Å². The van der Waals surface area contributed by atoms with Crippen molar-refractivity contribution in [2.45, 2.75) is 86.6 Å².